The maximum absolute atomic E-state index is 11.9. The fraction of sp³-hybridized carbons (Fsp3) is 0.909. The quantitative estimate of drug-likeness (QED) is 0.788. The Kier molecular flexibility index (Phi) is 5.61. The Balaban J connectivity index is 4.46. The van der Waals surface area contributed by atoms with Gasteiger partial charge in [-0.3, -0.25) is 4.79 Å². The van der Waals surface area contributed by atoms with Crippen LogP contribution in [0.2, 0.25) is 0 Å². The van der Waals surface area contributed by atoms with Crippen LogP contribution in [0, 0.1) is 11.3 Å². The van der Waals surface area contributed by atoms with Crippen molar-refractivity contribution < 1.29 is 18.3 Å². The summed E-state index contributed by atoms with van der Waals surface area (Å²) in [5, 5.41) is 8.73. The summed E-state index contributed by atoms with van der Waals surface area (Å²) in [5.74, 6) is -1.62. The molecule has 0 aliphatic heterocycles. The molecule has 0 amide bonds. The molecule has 0 saturated carbocycles. The highest BCUT2D eigenvalue weighted by Crippen LogP contribution is 2.20. The van der Waals surface area contributed by atoms with Crippen LogP contribution < -0.4 is 0 Å². The first-order valence-corrected chi connectivity index (χ1v) is 7.23. The standard InChI is InChI=1S/C11H23NO4S/c1-9(10(13)14)8-12(5)17(15,16)7-6-11(2,3)4/h9H,6-8H2,1-5H3,(H,13,14). The molecular formula is C11H23NO4S. The minimum absolute atomic E-state index is 0.0157. The van der Waals surface area contributed by atoms with Crippen molar-refractivity contribution in [3.8, 4) is 0 Å². The van der Waals surface area contributed by atoms with Crippen molar-refractivity contribution in [3.63, 3.8) is 0 Å². The SMILES string of the molecule is CC(CN(C)S(=O)(=O)CCC(C)(C)C)C(=O)O. The number of carboxylic acids is 1. The van der Waals surface area contributed by atoms with Gasteiger partial charge < -0.3 is 5.11 Å². The van der Waals surface area contributed by atoms with Gasteiger partial charge in [-0.2, -0.15) is 0 Å². The van der Waals surface area contributed by atoms with E-state index in [2.05, 4.69) is 0 Å². The molecule has 0 saturated heterocycles. The van der Waals surface area contributed by atoms with Crippen molar-refractivity contribution in [2.45, 2.75) is 34.1 Å². The van der Waals surface area contributed by atoms with Crippen LogP contribution in [-0.2, 0) is 14.8 Å². The average Bonchev–Trinajstić information content (AvgIpc) is 2.13. The molecule has 0 heterocycles. The van der Waals surface area contributed by atoms with Crippen LogP contribution in [-0.4, -0.2) is 43.1 Å². The van der Waals surface area contributed by atoms with E-state index in [1.165, 1.54) is 14.0 Å². The van der Waals surface area contributed by atoms with Gasteiger partial charge in [0.05, 0.1) is 11.7 Å². The molecule has 0 radical (unpaired) electrons. The lowest BCUT2D eigenvalue weighted by molar-refractivity contribution is -0.141. The zero-order valence-electron chi connectivity index (χ0n) is 11.2. The van der Waals surface area contributed by atoms with Gasteiger partial charge in [-0.15, -0.1) is 0 Å². The van der Waals surface area contributed by atoms with Crippen molar-refractivity contribution in [2.75, 3.05) is 19.3 Å². The van der Waals surface area contributed by atoms with Crippen molar-refractivity contribution in [2.24, 2.45) is 11.3 Å². The van der Waals surface area contributed by atoms with Crippen molar-refractivity contribution >= 4 is 16.0 Å². The lowest BCUT2D eigenvalue weighted by Gasteiger charge is -2.22. The molecular weight excluding hydrogens is 242 g/mol. The van der Waals surface area contributed by atoms with Gasteiger partial charge >= 0.3 is 5.97 Å². The van der Waals surface area contributed by atoms with Gasteiger partial charge in [0.15, 0.2) is 0 Å². The largest absolute Gasteiger partial charge is 0.481 e. The molecule has 17 heavy (non-hydrogen) atoms. The second kappa shape index (κ2) is 5.82. The van der Waals surface area contributed by atoms with Crippen molar-refractivity contribution in [1.29, 1.82) is 0 Å². The summed E-state index contributed by atoms with van der Waals surface area (Å²) in [6, 6.07) is 0. The summed E-state index contributed by atoms with van der Waals surface area (Å²) in [7, 11) is -1.92. The normalized spacial score (nSPS) is 14.9. The molecule has 5 nitrogen and oxygen atoms in total. The number of rotatable bonds is 6. The van der Waals surface area contributed by atoms with Gasteiger partial charge in [0, 0.05) is 13.6 Å². The Hall–Kier alpha value is -0.620. The van der Waals surface area contributed by atoms with E-state index >= 15 is 0 Å². The van der Waals surface area contributed by atoms with Gasteiger partial charge in [-0.1, -0.05) is 27.7 Å². The summed E-state index contributed by atoms with van der Waals surface area (Å²) in [5.41, 5.74) is -0.0493. The molecule has 0 aliphatic rings. The van der Waals surface area contributed by atoms with E-state index in [0.717, 1.165) is 4.31 Å². The molecule has 0 bridgehead atoms. The highest BCUT2D eigenvalue weighted by atomic mass is 32.2. The maximum atomic E-state index is 11.9. The number of sulfonamides is 1. The van der Waals surface area contributed by atoms with Crippen molar-refractivity contribution in [1.82, 2.24) is 4.31 Å². The monoisotopic (exact) mass is 265 g/mol. The zero-order valence-corrected chi connectivity index (χ0v) is 12.0. The van der Waals surface area contributed by atoms with Crippen LogP contribution in [0.4, 0.5) is 0 Å². The van der Waals surface area contributed by atoms with E-state index in [0.29, 0.717) is 6.42 Å². The lowest BCUT2D eigenvalue weighted by Crippen LogP contribution is -2.36. The number of carboxylic acid groups (broad SMARTS) is 1. The summed E-state index contributed by atoms with van der Waals surface area (Å²) in [6.07, 6.45) is 0.557. The second-order valence-electron chi connectivity index (χ2n) is 5.65. The molecule has 1 atom stereocenters. The van der Waals surface area contributed by atoms with Gasteiger partial charge in [0.1, 0.15) is 0 Å². The summed E-state index contributed by atoms with van der Waals surface area (Å²) in [6.45, 7) is 7.44. The van der Waals surface area contributed by atoms with E-state index < -0.39 is 21.9 Å². The van der Waals surface area contributed by atoms with Gasteiger partial charge in [0.25, 0.3) is 0 Å². The van der Waals surface area contributed by atoms with Crippen molar-refractivity contribution in [3.05, 3.63) is 0 Å². The van der Waals surface area contributed by atoms with Crippen LogP contribution in [0.15, 0.2) is 0 Å². The third kappa shape index (κ3) is 6.63. The summed E-state index contributed by atoms with van der Waals surface area (Å²) < 4.78 is 24.9. The van der Waals surface area contributed by atoms with Crippen LogP contribution in [0.3, 0.4) is 0 Å². The minimum atomic E-state index is -3.35. The Morgan fingerprint density at radius 1 is 1.35 bits per heavy atom. The average molecular weight is 265 g/mol. The number of nitrogens with zero attached hydrogens (tertiary/aromatic N) is 1. The Morgan fingerprint density at radius 2 is 1.82 bits per heavy atom. The summed E-state index contributed by atoms with van der Waals surface area (Å²) in [4.78, 5) is 10.7. The third-order valence-corrected chi connectivity index (χ3v) is 4.36. The van der Waals surface area contributed by atoms with E-state index in [4.69, 9.17) is 5.11 Å². The molecule has 0 fully saturated rings. The Bertz CT molecular complexity index is 356. The fourth-order valence-corrected chi connectivity index (χ4v) is 2.80. The fourth-order valence-electron chi connectivity index (χ4n) is 1.17. The molecule has 0 aliphatic carbocycles. The van der Waals surface area contributed by atoms with E-state index in [9.17, 15) is 13.2 Å². The molecule has 102 valence electrons. The van der Waals surface area contributed by atoms with Crippen LogP contribution in [0.1, 0.15) is 34.1 Å². The smallest absolute Gasteiger partial charge is 0.307 e. The zero-order chi connectivity index (χ0) is 13.9. The maximum Gasteiger partial charge on any atom is 0.307 e. The highest BCUT2D eigenvalue weighted by molar-refractivity contribution is 7.89. The predicted molar refractivity (Wildman–Crippen MR) is 67.3 cm³/mol. The molecule has 1 unspecified atom stereocenters. The van der Waals surface area contributed by atoms with Gasteiger partial charge in [0.2, 0.25) is 10.0 Å². The first kappa shape index (κ1) is 16.4. The third-order valence-electron chi connectivity index (χ3n) is 2.54. The van der Waals surface area contributed by atoms with Crippen LogP contribution >= 0.6 is 0 Å². The molecule has 6 heteroatoms. The molecule has 1 N–H and O–H groups in total. The first-order chi connectivity index (χ1) is 7.46. The summed E-state index contributed by atoms with van der Waals surface area (Å²) >= 11 is 0. The first-order valence-electron chi connectivity index (χ1n) is 5.62. The Labute approximate surface area is 104 Å². The second-order valence-corrected chi connectivity index (χ2v) is 7.84. The molecule has 0 spiro atoms. The number of aliphatic carboxylic acids is 1. The predicted octanol–water partition coefficient (Wildman–Crippen LogP) is 1.40. The topological polar surface area (TPSA) is 74.7 Å². The molecule has 0 rings (SSSR count). The number of hydrogen-bond donors (Lipinski definition) is 1. The number of hydrogen-bond acceptors (Lipinski definition) is 3. The van der Waals surface area contributed by atoms with E-state index in [-0.39, 0.29) is 17.7 Å². The molecule has 0 aromatic rings. The number of carbonyl (C=O) groups is 1. The van der Waals surface area contributed by atoms with E-state index in [1.807, 2.05) is 20.8 Å². The lowest BCUT2D eigenvalue weighted by atomic mass is 9.94. The van der Waals surface area contributed by atoms with Gasteiger partial charge in [-0.05, 0) is 11.8 Å². The van der Waals surface area contributed by atoms with E-state index in [1.54, 1.807) is 0 Å². The van der Waals surface area contributed by atoms with Crippen LogP contribution in [0.25, 0.3) is 0 Å². The minimum Gasteiger partial charge on any atom is -0.481 e. The van der Waals surface area contributed by atoms with Crippen LogP contribution in [0.5, 0.6) is 0 Å². The Morgan fingerprint density at radius 3 is 2.18 bits per heavy atom. The highest BCUT2D eigenvalue weighted by Gasteiger charge is 2.24. The van der Waals surface area contributed by atoms with Gasteiger partial charge in [-0.25, -0.2) is 12.7 Å². The molecule has 0 aromatic carbocycles. The molecule has 0 aromatic heterocycles.